The standard InChI is InChI=1S/C19H28F2N4O2/c1-13(24-18(26)19(2,20)21)12-23-17-5-4-15(10-14(17)11-22)25-8-6-16(27-3)7-9-25/h4-5,10-11,13,16,22-23H,6-9,12H2,1-3H3,(H,24,26). The van der Waals surface area contributed by atoms with E-state index in [4.69, 9.17) is 10.1 Å². The van der Waals surface area contributed by atoms with Crippen molar-refractivity contribution in [2.45, 2.75) is 44.8 Å². The molecule has 1 atom stereocenters. The Morgan fingerprint density at radius 1 is 1.44 bits per heavy atom. The molecule has 1 amide bonds. The van der Waals surface area contributed by atoms with Gasteiger partial charge >= 0.3 is 5.92 Å². The molecule has 0 saturated carbocycles. The number of anilines is 2. The Kier molecular flexibility index (Phi) is 7.12. The fourth-order valence-corrected chi connectivity index (χ4v) is 3.04. The van der Waals surface area contributed by atoms with Gasteiger partial charge in [0.1, 0.15) is 0 Å². The first-order valence-electron chi connectivity index (χ1n) is 9.09. The smallest absolute Gasteiger partial charge is 0.321 e. The predicted molar refractivity (Wildman–Crippen MR) is 103 cm³/mol. The summed E-state index contributed by atoms with van der Waals surface area (Å²) < 4.78 is 31.3. The van der Waals surface area contributed by atoms with Crippen LogP contribution in [0.3, 0.4) is 0 Å². The first kappa shape index (κ1) is 21.1. The monoisotopic (exact) mass is 382 g/mol. The summed E-state index contributed by atoms with van der Waals surface area (Å²) in [5.41, 5.74) is 2.48. The van der Waals surface area contributed by atoms with Crippen molar-refractivity contribution in [3.63, 3.8) is 0 Å². The molecule has 0 radical (unpaired) electrons. The van der Waals surface area contributed by atoms with Crippen molar-refractivity contribution in [1.29, 1.82) is 5.41 Å². The molecule has 150 valence electrons. The number of ether oxygens (including phenoxy) is 1. The summed E-state index contributed by atoms with van der Waals surface area (Å²) in [5.74, 6) is -4.69. The number of hydrogen-bond donors (Lipinski definition) is 3. The molecule has 3 N–H and O–H groups in total. The van der Waals surface area contributed by atoms with E-state index in [0.717, 1.165) is 37.3 Å². The van der Waals surface area contributed by atoms with Gasteiger partial charge in [0.05, 0.1) is 6.10 Å². The van der Waals surface area contributed by atoms with Gasteiger partial charge in [0.2, 0.25) is 0 Å². The number of alkyl halides is 2. The molecule has 0 aliphatic carbocycles. The summed E-state index contributed by atoms with van der Waals surface area (Å²) in [6.45, 7) is 4.30. The van der Waals surface area contributed by atoms with Crippen molar-refractivity contribution in [3.8, 4) is 0 Å². The Morgan fingerprint density at radius 3 is 2.67 bits per heavy atom. The van der Waals surface area contributed by atoms with Crippen molar-refractivity contribution in [2.75, 3.05) is 37.0 Å². The lowest BCUT2D eigenvalue weighted by atomic mass is 10.1. The first-order valence-corrected chi connectivity index (χ1v) is 9.09. The van der Waals surface area contributed by atoms with Crippen molar-refractivity contribution in [1.82, 2.24) is 5.32 Å². The summed E-state index contributed by atoms with van der Waals surface area (Å²) in [6.07, 6.45) is 3.50. The van der Waals surface area contributed by atoms with Crippen LogP contribution in [0.25, 0.3) is 0 Å². The highest BCUT2D eigenvalue weighted by molar-refractivity contribution is 5.88. The van der Waals surface area contributed by atoms with E-state index in [2.05, 4.69) is 15.5 Å². The minimum absolute atomic E-state index is 0.279. The lowest BCUT2D eigenvalue weighted by Gasteiger charge is -2.33. The van der Waals surface area contributed by atoms with Gasteiger partial charge in [0, 0.05) is 62.9 Å². The summed E-state index contributed by atoms with van der Waals surface area (Å²) >= 11 is 0. The molecule has 1 heterocycles. The molecular formula is C19H28F2N4O2. The molecule has 1 unspecified atom stereocenters. The molecule has 1 aliphatic heterocycles. The summed E-state index contributed by atoms with van der Waals surface area (Å²) in [5, 5.41) is 13.1. The third-order valence-corrected chi connectivity index (χ3v) is 4.71. The molecule has 1 aliphatic rings. The number of carbonyl (C=O) groups is 1. The van der Waals surface area contributed by atoms with E-state index in [1.807, 2.05) is 18.2 Å². The number of halogens is 2. The van der Waals surface area contributed by atoms with E-state index in [-0.39, 0.29) is 6.54 Å². The Bertz CT molecular complexity index is 656. The van der Waals surface area contributed by atoms with Crippen molar-refractivity contribution < 1.29 is 18.3 Å². The first-order chi connectivity index (χ1) is 12.7. The molecule has 6 nitrogen and oxygen atoms in total. The van der Waals surface area contributed by atoms with Gasteiger partial charge in [-0.05, 0) is 38.0 Å². The molecule has 2 rings (SSSR count). The number of nitrogens with zero attached hydrogens (tertiary/aromatic N) is 1. The molecule has 1 aromatic carbocycles. The Morgan fingerprint density at radius 2 is 2.11 bits per heavy atom. The van der Waals surface area contributed by atoms with Crippen LogP contribution in [0.4, 0.5) is 20.2 Å². The van der Waals surface area contributed by atoms with Crippen molar-refractivity contribution >= 4 is 23.5 Å². The van der Waals surface area contributed by atoms with Crippen LogP contribution in [-0.4, -0.2) is 56.9 Å². The summed E-state index contributed by atoms with van der Waals surface area (Å²) in [4.78, 5) is 13.6. The van der Waals surface area contributed by atoms with Crippen LogP contribution in [-0.2, 0) is 9.53 Å². The highest BCUT2D eigenvalue weighted by atomic mass is 19.3. The van der Waals surface area contributed by atoms with E-state index in [1.165, 1.54) is 6.21 Å². The molecule has 0 spiro atoms. The van der Waals surface area contributed by atoms with Gasteiger partial charge in [-0.15, -0.1) is 0 Å². The number of piperidine rings is 1. The van der Waals surface area contributed by atoms with E-state index < -0.39 is 17.9 Å². The van der Waals surface area contributed by atoms with E-state index in [9.17, 15) is 13.6 Å². The number of methoxy groups -OCH3 is 1. The molecule has 1 fully saturated rings. The van der Waals surface area contributed by atoms with Crippen LogP contribution in [0.5, 0.6) is 0 Å². The number of hydrogen-bond acceptors (Lipinski definition) is 5. The van der Waals surface area contributed by atoms with Gasteiger partial charge < -0.3 is 25.7 Å². The lowest BCUT2D eigenvalue weighted by Crippen LogP contribution is -2.45. The normalized spacial score (nSPS) is 16.7. The van der Waals surface area contributed by atoms with Crippen LogP contribution >= 0.6 is 0 Å². The zero-order chi connectivity index (χ0) is 20.0. The topological polar surface area (TPSA) is 77.5 Å². The Labute approximate surface area is 158 Å². The zero-order valence-electron chi connectivity index (χ0n) is 16.0. The van der Waals surface area contributed by atoms with Gasteiger partial charge in [-0.1, -0.05) is 0 Å². The Balaban J connectivity index is 1.96. The minimum Gasteiger partial charge on any atom is -0.382 e. The average Bonchev–Trinajstić information content (AvgIpc) is 2.65. The van der Waals surface area contributed by atoms with Gasteiger partial charge in [-0.25, -0.2) is 0 Å². The third kappa shape index (κ3) is 5.89. The van der Waals surface area contributed by atoms with Crippen molar-refractivity contribution in [2.24, 2.45) is 0 Å². The second kappa shape index (κ2) is 9.12. The van der Waals surface area contributed by atoms with Crippen LogP contribution in [0, 0.1) is 5.41 Å². The van der Waals surface area contributed by atoms with Gasteiger partial charge in [0.25, 0.3) is 5.91 Å². The number of rotatable bonds is 8. The maximum atomic E-state index is 13.0. The lowest BCUT2D eigenvalue weighted by molar-refractivity contribution is -0.143. The quantitative estimate of drug-likeness (QED) is 0.604. The number of carbonyl (C=O) groups excluding carboxylic acids is 1. The highest BCUT2D eigenvalue weighted by Gasteiger charge is 2.32. The number of nitrogens with one attached hydrogen (secondary N) is 3. The Hall–Kier alpha value is -2.22. The van der Waals surface area contributed by atoms with Crippen LogP contribution in [0.15, 0.2) is 18.2 Å². The molecule has 27 heavy (non-hydrogen) atoms. The molecule has 0 bridgehead atoms. The van der Waals surface area contributed by atoms with Crippen molar-refractivity contribution in [3.05, 3.63) is 23.8 Å². The fourth-order valence-electron chi connectivity index (χ4n) is 3.04. The second-order valence-corrected chi connectivity index (χ2v) is 6.98. The number of amides is 1. The van der Waals surface area contributed by atoms with E-state index in [0.29, 0.717) is 18.6 Å². The molecule has 1 saturated heterocycles. The molecule has 8 heteroatoms. The SMILES string of the molecule is COC1CCN(c2ccc(NCC(C)NC(=O)C(C)(F)F)c(C=N)c2)CC1. The fraction of sp³-hybridized carbons (Fsp3) is 0.579. The molecule has 1 aromatic rings. The van der Waals surface area contributed by atoms with Gasteiger partial charge in [-0.3, -0.25) is 4.79 Å². The van der Waals surface area contributed by atoms with Crippen LogP contribution in [0.1, 0.15) is 32.3 Å². The highest BCUT2D eigenvalue weighted by Crippen LogP contribution is 2.25. The molecule has 0 aromatic heterocycles. The maximum absolute atomic E-state index is 13.0. The second-order valence-electron chi connectivity index (χ2n) is 6.98. The van der Waals surface area contributed by atoms with Crippen LogP contribution in [0.2, 0.25) is 0 Å². The largest absolute Gasteiger partial charge is 0.382 e. The van der Waals surface area contributed by atoms with Gasteiger partial charge in [0.15, 0.2) is 0 Å². The average molecular weight is 382 g/mol. The van der Waals surface area contributed by atoms with E-state index in [1.54, 1.807) is 14.0 Å². The van der Waals surface area contributed by atoms with E-state index >= 15 is 0 Å². The third-order valence-electron chi connectivity index (χ3n) is 4.71. The number of benzene rings is 1. The van der Waals surface area contributed by atoms with Gasteiger partial charge in [-0.2, -0.15) is 8.78 Å². The summed E-state index contributed by atoms with van der Waals surface area (Å²) in [7, 11) is 1.74. The summed E-state index contributed by atoms with van der Waals surface area (Å²) in [6, 6.07) is 5.31. The minimum atomic E-state index is -3.40. The zero-order valence-corrected chi connectivity index (χ0v) is 16.0. The predicted octanol–water partition coefficient (Wildman–Crippen LogP) is 2.87. The van der Waals surface area contributed by atoms with Crippen LogP contribution < -0.4 is 15.5 Å². The maximum Gasteiger partial charge on any atom is 0.321 e. The molecular weight excluding hydrogens is 354 g/mol.